The molecule has 52 heavy (non-hydrogen) atoms. The zero-order valence-electron chi connectivity index (χ0n) is 28.7. The third-order valence-electron chi connectivity index (χ3n) is 10.0. The number of rotatable bonds is 5. The molecule has 0 radical (unpaired) electrons. The summed E-state index contributed by atoms with van der Waals surface area (Å²) >= 11 is 0. The van der Waals surface area contributed by atoms with Gasteiger partial charge >= 0.3 is 0 Å². The molecule has 0 spiro atoms. The number of para-hydroxylation sites is 2. The van der Waals surface area contributed by atoms with Crippen LogP contribution in [-0.4, -0.2) is 19.5 Å². The highest BCUT2D eigenvalue weighted by molar-refractivity contribution is 6.15. The maximum atomic E-state index is 6.36. The number of fused-ring (bicyclic) bond motifs is 6. The van der Waals surface area contributed by atoms with Crippen molar-refractivity contribution in [2.24, 2.45) is 0 Å². The molecule has 0 unspecified atom stereocenters. The first kappa shape index (κ1) is 30.0. The molecule has 0 aliphatic carbocycles. The Hall–Kier alpha value is -6.85. The molecule has 10 rings (SSSR count). The number of hydrogen-bond acceptors (Lipinski definition) is 4. The summed E-state index contributed by atoms with van der Waals surface area (Å²) in [6.07, 6.45) is 0. The Balaban J connectivity index is 1.23. The monoisotopic (exact) mass is 668 g/mol. The molecule has 0 aliphatic rings. The van der Waals surface area contributed by atoms with Crippen LogP contribution in [0, 0.1) is 13.8 Å². The van der Waals surface area contributed by atoms with E-state index in [1.807, 2.05) is 6.07 Å². The minimum absolute atomic E-state index is 0.571. The van der Waals surface area contributed by atoms with E-state index >= 15 is 0 Å². The van der Waals surface area contributed by atoms with E-state index < -0.39 is 0 Å². The predicted molar refractivity (Wildman–Crippen MR) is 213 cm³/mol. The zero-order chi connectivity index (χ0) is 34.8. The summed E-state index contributed by atoms with van der Waals surface area (Å²) in [5.41, 5.74) is 12.6. The molecular formula is C47H32N4O. The minimum Gasteiger partial charge on any atom is -0.456 e. The second kappa shape index (κ2) is 11.9. The van der Waals surface area contributed by atoms with Crippen LogP contribution in [0.1, 0.15) is 11.1 Å². The predicted octanol–water partition coefficient (Wildman–Crippen LogP) is 12.2. The second-order valence-electron chi connectivity index (χ2n) is 13.5. The van der Waals surface area contributed by atoms with Crippen LogP contribution < -0.4 is 0 Å². The Morgan fingerprint density at radius 1 is 0.423 bits per heavy atom. The summed E-state index contributed by atoms with van der Waals surface area (Å²) in [5.74, 6) is 1.83. The van der Waals surface area contributed by atoms with Crippen molar-refractivity contribution in [3.05, 3.63) is 169 Å². The van der Waals surface area contributed by atoms with Gasteiger partial charge in [0.15, 0.2) is 11.6 Å². The van der Waals surface area contributed by atoms with Crippen LogP contribution >= 0.6 is 0 Å². The van der Waals surface area contributed by atoms with Crippen LogP contribution in [0.4, 0.5) is 0 Å². The van der Waals surface area contributed by atoms with Gasteiger partial charge in [-0.2, -0.15) is 9.97 Å². The Kier molecular flexibility index (Phi) is 6.86. The molecule has 0 atom stereocenters. The fraction of sp³-hybridized carbons (Fsp3) is 0.0426. The maximum absolute atomic E-state index is 6.36. The molecule has 0 N–H and O–H groups in total. The summed E-state index contributed by atoms with van der Waals surface area (Å²) in [6, 6.07) is 55.2. The molecule has 246 valence electrons. The molecule has 0 fully saturated rings. The van der Waals surface area contributed by atoms with E-state index in [0.29, 0.717) is 17.6 Å². The van der Waals surface area contributed by atoms with Gasteiger partial charge in [0.05, 0.1) is 11.0 Å². The molecule has 0 saturated carbocycles. The highest BCUT2D eigenvalue weighted by atomic mass is 16.3. The zero-order valence-corrected chi connectivity index (χ0v) is 28.7. The topological polar surface area (TPSA) is 56.7 Å². The Bertz CT molecular complexity index is 2890. The van der Waals surface area contributed by atoms with E-state index in [1.165, 1.54) is 16.7 Å². The molecule has 10 aromatic rings. The van der Waals surface area contributed by atoms with Crippen molar-refractivity contribution >= 4 is 43.7 Å². The van der Waals surface area contributed by atoms with Crippen LogP contribution in [0.2, 0.25) is 0 Å². The minimum atomic E-state index is 0.571. The van der Waals surface area contributed by atoms with E-state index in [9.17, 15) is 0 Å². The van der Waals surface area contributed by atoms with Crippen molar-refractivity contribution < 1.29 is 4.42 Å². The fourth-order valence-corrected chi connectivity index (χ4v) is 7.34. The third kappa shape index (κ3) is 4.97. The molecule has 3 heterocycles. The van der Waals surface area contributed by atoms with Crippen LogP contribution in [0.5, 0.6) is 0 Å². The van der Waals surface area contributed by atoms with Gasteiger partial charge < -0.3 is 4.42 Å². The average molecular weight is 669 g/mol. The molecule has 5 heteroatoms. The summed E-state index contributed by atoms with van der Waals surface area (Å²) in [7, 11) is 0. The molecule has 5 nitrogen and oxygen atoms in total. The lowest BCUT2D eigenvalue weighted by atomic mass is 9.99. The maximum Gasteiger partial charge on any atom is 0.238 e. The third-order valence-corrected chi connectivity index (χ3v) is 10.0. The second-order valence-corrected chi connectivity index (χ2v) is 13.5. The molecule has 0 saturated heterocycles. The van der Waals surface area contributed by atoms with Crippen molar-refractivity contribution in [1.82, 2.24) is 19.5 Å². The van der Waals surface area contributed by atoms with E-state index in [1.54, 1.807) is 0 Å². The molecule has 7 aromatic carbocycles. The lowest BCUT2D eigenvalue weighted by molar-refractivity contribution is 0.669. The highest BCUT2D eigenvalue weighted by Crippen LogP contribution is 2.40. The van der Waals surface area contributed by atoms with Crippen molar-refractivity contribution in [2.45, 2.75) is 13.8 Å². The Morgan fingerprint density at radius 3 is 1.65 bits per heavy atom. The molecule has 3 aromatic heterocycles. The first-order chi connectivity index (χ1) is 25.6. The van der Waals surface area contributed by atoms with Crippen molar-refractivity contribution in [2.75, 3.05) is 0 Å². The van der Waals surface area contributed by atoms with Gasteiger partial charge in [0, 0.05) is 38.2 Å². The number of aromatic nitrogens is 4. The van der Waals surface area contributed by atoms with E-state index in [4.69, 9.17) is 19.4 Å². The van der Waals surface area contributed by atoms with Crippen molar-refractivity contribution in [1.29, 1.82) is 0 Å². The summed E-state index contributed by atoms with van der Waals surface area (Å²) in [5, 5.41) is 4.43. The number of nitrogens with zero attached hydrogens (tertiary/aromatic N) is 4. The van der Waals surface area contributed by atoms with Gasteiger partial charge in [-0.3, -0.25) is 4.57 Å². The number of hydrogen-bond donors (Lipinski definition) is 0. The van der Waals surface area contributed by atoms with Crippen molar-refractivity contribution in [3.8, 4) is 51.0 Å². The lowest BCUT2D eigenvalue weighted by Crippen LogP contribution is -2.07. The fourth-order valence-electron chi connectivity index (χ4n) is 7.34. The summed E-state index contributed by atoms with van der Waals surface area (Å²) in [4.78, 5) is 15.4. The van der Waals surface area contributed by atoms with Gasteiger partial charge in [0.25, 0.3) is 0 Å². The van der Waals surface area contributed by atoms with Crippen LogP contribution in [0.3, 0.4) is 0 Å². The van der Waals surface area contributed by atoms with Crippen molar-refractivity contribution in [3.63, 3.8) is 0 Å². The first-order valence-corrected chi connectivity index (χ1v) is 17.5. The largest absolute Gasteiger partial charge is 0.456 e. The van der Waals surface area contributed by atoms with E-state index in [-0.39, 0.29) is 0 Å². The van der Waals surface area contributed by atoms with Gasteiger partial charge in [-0.25, -0.2) is 4.98 Å². The highest BCUT2D eigenvalue weighted by Gasteiger charge is 2.21. The number of benzene rings is 7. The van der Waals surface area contributed by atoms with E-state index in [0.717, 1.165) is 71.6 Å². The smallest absolute Gasteiger partial charge is 0.238 e. The number of furan rings is 1. The average Bonchev–Trinajstić information content (AvgIpc) is 3.74. The quantitative estimate of drug-likeness (QED) is 0.183. The van der Waals surface area contributed by atoms with Crippen LogP contribution in [-0.2, 0) is 0 Å². The van der Waals surface area contributed by atoms with E-state index in [2.05, 4.69) is 170 Å². The Morgan fingerprint density at radius 2 is 0.981 bits per heavy atom. The first-order valence-electron chi connectivity index (χ1n) is 17.5. The van der Waals surface area contributed by atoms with Gasteiger partial charge in [-0.15, -0.1) is 0 Å². The SMILES string of the molecule is Cc1ccc(-c2nc(-c3ccc(C)cc3)nc(-n3c4ccccc4c4cccc(-c5ccc6oc7ccc(-c8ccccc8)cc7c6c5)c43)n2)cc1. The lowest BCUT2D eigenvalue weighted by Gasteiger charge is -2.13. The summed E-state index contributed by atoms with van der Waals surface area (Å²) < 4.78 is 8.57. The van der Waals surface area contributed by atoms with Gasteiger partial charge in [-0.1, -0.05) is 139 Å². The van der Waals surface area contributed by atoms with Gasteiger partial charge in [-0.05, 0) is 60.9 Å². The Labute approximate surface area is 300 Å². The van der Waals surface area contributed by atoms with Gasteiger partial charge in [0.2, 0.25) is 5.95 Å². The van der Waals surface area contributed by atoms with Crippen LogP contribution in [0.25, 0.3) is 94.7 Å². The standard InChI is InChI=1S/C47H32N4O/c1-29-15-19-32(20-16-29)45-48-46(33-21-17-30(2)18-22-33)50-47(49-45)51-41-14-7-6-11-37(41)38-13-8-12-36(44(38)51)35-24-26-43-40(28-35)39-27-34(23-25-42(39)52-43)31-9-4-3-5-10-31/h3-28H,1-2H3. The molecular weight excluding hydrogens is 637 g/mol. The number of aryl methyl sites for hydroxylation is 2. The van der Waals surface area contributed by atoms with Crippen LogP contribution in [0.15, 0.2) is 162 Å². The molecule has 0 amide bonds. The normalized spacial score (nSPS) is 11.7. The van der Waals surface area contributed by atoms with Gasteiger partial charge in [0.1, 0.15) is 11.2 Å². The molecule has 0 aliphatic heterocycles. The summed E-state index contributed by atoms with van der Waals surface area (Å²) in [6.45, 7) is 4.18. The molecule has 0 bridgehead atoms.